The van der Waals surface area contributed by atoms with E-state index in [9.17, 15) is 9.59 Å². The summed E-state index contributed by atoms with van der Waals surface area (Å²) in [6.45, 7) is 0. The fourth-order valence-electron chi connectivity index (χ4n) is 5.14. The van der Waals surface area contributed by atoms with Crippen LogP contribution in [0.2, 0.25) is 5.02 Å². The molecule has 2 amide bonds. The molecule has 0 saturated carbocycles. The van der Waals surface area contributed by atoms with Crippen LogP contribution in [0.4, 0.5) is 5.69 Å². The smallest absolute Gasteiger partial charge is 0.272 e. The second kappa shape index (κ2) is 10.3. The van der Waals surface area contributed by atoms with Gasteiger partial charge in [0.05, 0.1) is 19.6 Å². The lowest BCUT2D eigenvalue weighted by Crippen LogP contribution is -2.34. The Labute approximate surface area is 216 Å². The van der Waals surface area contributed by atoms with Gasteiger partial charge in [0, 0.05) is 29.9 Å². The molecule has 2 bridgehead atoms. The molecule has 0 fully saturated rings. The number of dihydropyridines is 1. The number of hydrogen-bond donors (Lipinski definition) is 1. The molecule has 0 saturated heterocycles. The number of anilines is 1. The van der Waals surface area contributed by atoms with Crippen molar-refractivity contribution in [2.45, 2.75) is 50.6 Å². The van der Waals surface area contributed by atoms with Gasteiger partial charge in [0.25, 0.3) is 5.91 Å². The van der Waals surface area contributed by atoms with Crippen molar-refractivity contribution in [3.63, 3.8) is 0 Å². The number of benzene rings is 1. The Hall–Kier alpha value is -3.45. The highest BCUT2D eigenvalue weighted by molar-refractivity contribution is 6.45. The van der Waals surface area contributed by atoms with E-state index in [4.69, 9.17) is 21.3 Å². The number of hydrogen-bond acceptors (Lipinski definition) is 5. The van der Waals surface area contributed by atoms with Crippen molar-refractivity contribution in [3.8, 4) is 0 Å². The maximum atomic E-state index is 13.5. The van der Waals surface area contributed by atoms with E-state index < -0.39 is 0 Å². The highest BCUT2D eigenvalue weighted by Crippen LogP contribution is 2.34. The van der Waals surface area contributed by atoms with Crippen LogP contribution >= 0.6 is 11.6 Å². The van der Waals surface area contributed by atoms with Crippen molar-refractivity contribution in [2.75, 3.05) is 19.1 Å². The first-order chi connectivity index (χ1) is 17.4. The van der Waals surface area contributed by atoms with Gasteiger partial charge in [-0.25, -0.2) is 9.98 Å². The van der Waals surface area contributed by atoms with Crippen LogP contribution in [0.3, 0.4) is 0 Å². The molecule has 5 rings (SSSR count). The summed E-state index contributed by atoms with van der Waals surface area (Å²) < 4.78 is 5.35. The number of carbonyl (C=O) groups is 2. The van der Waals surface area contributed by atoms with Gasteiger partial charge in [-0.3, -0.25) is 9.59 Å². The molecule has 1 aromatic rings. The first-order valence-corrected chi connectivity index (χ1v) is 12.6. The van der Waals surface area contributed by atoms with Crippen LogP contribution in [-0.4, -0.2) is 49.7 Å². The van der Waals surface area contributed by atoms with E-state index in [0.29, 0.717) is 23.0 Å². The van der Waals surface area contributed by atoms with Crippen LogP contribution in [0.15, 0.2) is 81.0 Å². The summed E-state index contributed by atoms with van der Waals surface area (Å²) in [5.41, 5.74) is 5.26. The summed E-state index contributed by atoms with van der Waals surface area (Å²) in [6.07, 6.45) is 12.2. The standard InChI is InChI=1S/C28H29ClN4O3/c1-33(20-9-7-19(29)8-10-20)28(35)24-15-18-5-3-4-17(14-18)6-11-22-21(16-25(34)31-24)27-23(30-22)12-13-26(32-27)36-2/h5,7-10,12-14,23,27,30H,3-4,6,11,15-16H2,1-2H3. The first-order valence-electron chi connectivity index (χ1n) is 12.2. The Bertz CT molecular complexity index is 1270. The SMILES string of the molecule is COC1=NC2C3=C(CCC4=CC(=CCC4)CC(C(=O)N(C)c4ccc(Cl)cc4)=NC(=O)C3)NC2C=C1. The number of halogens is 1. The molecule has 1 N–H and O–H groups in total. The van der Waals surface area contributed by atoms with E-state index in [2.05, 4.69) is 22.5 Å². The average molecular weight is 505 g/mol. The zero-order valence-corrected chi connectivity index (χ0v) is 21.2. The number of ether oxygens (including phenoxy) is 1. The number of methoxy groups -OCH3 is 1. The Kier molecular flexibility index (Phi) is 6.92. The van der Waals surface area contributed by atoms with E-state index in [1.54, 1.807) is 38.4 Å². The number of carbonyl (C=O) groups excluding carboxylic acids is 2. The van der Waals surface area contributed by atoms with Crippen LogP contribution in [0.1, 0.15) is 38.5 Å². The number of nitrogens with zero attached hydrogens (tertiary/aromatic N) is 3. The van der Waals surface area contributed by atoms with Gasteiger partial charge in [0.2, 0.25) is 11.8 Å². The van der Waals surface area contributed by atoms with Gasteiger partial charge in [-0.15, -0.1) is 0 Å². The molecule has 2 atom stereocenters. The molecule has 8 heteroatoms. The second-order valence-electron chi connectivity index (χ2n) is 9.42. The molecule has 1 aliphatic carbocycles. The third kappa shape index (κ3) is 5.07. The van der Waals surface area contributed by atoms with E-state index in [0.717, 1.165) is 42.5 Å². The third-order valence-corrected chi connectivity index (χ3v) is 7.30. The lowest BCUT2D eigenvalue weighted by molar-refractivity contribution is -0.118. The van der Waals surface area contributed by atoms with Gasteiger partial charge in [-0.05, 0) is 67.2 Å². The summed E-state index contributed by atoms with van der Waals surface area (Å²) in [4.78, 5) is 37.4. The molecule has 0 radical (unpaired) electrons. The van der Waals surface area contributed by atoms with E-state index in [1.807, 2.05) is 12.2 Å². The number of nitrogens with one attached hydrogen (secondary N) is 1. The number of allylic oxidation sites excluding steroid dienone is 5. The van der Waals surface area contributed by atoms with E-state index in [1.165, 1.54) is 10.5 Å². The normalized spacial score (nSPS) is 23.6. The van der Waals surface area contributed by atoms with Crippen molar-refractivity contribution in [1.29, 1.82) is 0 Å². The molecule has 36 heavy (non-hydrogen) atoms. The Morgan fingerprint density at radius 1 is 1.17 bits per heavy atom. The van der Waals surface area contributed by atoms with E-state index >= 15 is 0 Å². The van der Waals surface area contributed by atoms with E-state index in [-0.39, 0.29) is 36.0 Å². The number of amides is 2. The molecular weight excluding hydrogens is 476 g/mol. The molecule has 0 spiro atoms. The van der Waals surface area contributed by atoms with Gasteiger partial charge >= 0.3 is 0 Å². The van der Waals surface area contributed by atoms with Crippen LogP contribution < -0.4 is 10.2 Å². The molecule has 7 nitrogen and oxygen atoms in total. The van der Waals surface area contributed by atoms with Gasteiger partial charge in [-0.2, -0.15) is 0 Å². The maximum Gasteiger partial charge on any atom is 0.272 e. The Balaban J connectivity index is 1.49. The molecule has 1 aromatic carbocycles. The molecule has 3 heterocycles. The predicted octanol–water partition coefficient (Wildman–Crippen LogP) is 4.70. The maximum absolute atomic E-state index is 13.5. The quantitative estimate of drug-likeness (QED) is 0.632. The summed E-state index contributed by atoms with van der Waals surface area (Å²) in [5.74, 6) is -0.108. The molecule has 186 valence electrons. The Morgan fingerprint density at radius 2 is 1.97 bits per heavy atom. The lowest BCUT2D eigenvalue weighted by Gasteiger charge is -2.21. The van der Waals surface area contributed by atoms with Crippen LogP contribution in [0.25, 0.3) is 0 Å². The summed E-state index contributed by atoms with van der Waals surface area (Å²) >= 11 is 6.02. The first kappa shape index (κ1) is 24.3. The molecule has 0 aromatic heterocycles. The molecular formula is C28H29ClN4O3. The van der Waals surface area contributed by atoms with Crippen LogP contribution in [0.5, 0.6) is 0 Å². The Morgan fingerprint density at radius 3 is 2.75 bits per heavy atom. The summed E-state index contributed by atoms with van der Waals surface area (Å²) in [6, 6.07) is 6.80. The minimum absolute atomic E-state index is 0.0104. The topological polar surface area (TPSA) is 83.4 Å². The van der Waals surface area contributed by atoms with Crippen LogP contribution in [0, 0.1) is 0 Å². The highest BCUT2D eigenvalue weighted by Gasteiger charge is 2.36. The number of rotatable bonds is 2. The zero-order chi connectivity index (χ0) is 25.2. The fourth-order valence-corrected chi connectivity index (χ4v) is 5.26. The van der Waals surface area contributed by atoms with Crippen molar-refractivity contribution < 1.29 is 14.3 Å². The zero-order valence-electron chi connectivity index (χ0n) is 20.5. The summed E-state index contributed by atoms with van der Waals surface area (Å²) in [5, 5.41) is 4.16. The minimum atomic E-state index is -0.345. The largest absolute Gasteiger partial charge is 0.481 e. The minimum Gasteiger partial charge on any atom is -0.481 e. The number of aliphatic imine (C=N–C) groups is 2. The predicted molar refractivity (Wildman–Crippen MR) is 142 cm³/mol. The monoisotopic (exact) mass is 504 g/mol. The van der Waals surface area contributed by atoms with Crippen molar-refractivity contribution in [2.24, 2.45) is 9.98 Å². The lowest BCUT2D eigenvalue weighted by atomic mass is 9.91. The van der Waals surface area contributed by atoms with Gasteiger partial charge in [-0.1, -0.05) is 35.4 Å². The molecule has 2 unspecified atom stereocenters. The second-order valence-corrected chi connectivity index (χ2v) is 9.85. The summed E-state index contributed by atoms with van der Waals surface area (Å²) in [7, 11) is 3.28. The molecule has 4 aliphatic rings. The van der Waals surface area contributed by atoms with Crippen molar-refractivity contribution in [3.05, 3.63) is 76.0 Å². The average Bonchev–Trinajstić information content (AvgIpc) is 3.22. The van der Waals surface area contributed by atoms with Crippen LogP contribution in [-0.2, 0) is 14.3 Å². The third-order valence-electron chi connectivity index (χ3n) is 7.04. The molecule has 3 aliphatic heterocycles. The van der Waals surface area contributed by atoms with Gasteiger partial charge in [0.1, 0.15) is 11.8 Å². The van der Waals surface area contributed by atoms with Gasteiger partial charge in [0.15, 0.2) is 0 Å². The van der Waals surface area contributed by atoms with Crippen molar-refractivity contribution in [1.82, 2.24) is 5.32 Å². The highest BCUT2D eigenvalue weighted by atomic mass is 35.5. The van der Waals surface area contributed by atoms with Crippen molar-refractivity contribution >= 4 is 40.7 Å². The fraction of sp³-hybridized carbons (Fsp3) is 0.357. The van der Waals surface area contributed by atoms with Gasteiger partial charge < -0.3 is 15.0 Å². The number of fused-ring (bicyclic) bond motifs is 3.